The molecule has 2 nitrogen and oxygen atoms in total. The van der Waals surface area contributed by atoms with Gasteiger partial charge in [-0.25, -0.2) is 13.8 Å². The van der Waals surface area contributed by atoms with Crippen molar-refractivity contribution in [2.24, 2.45) is 0 Å². The molecule has 0 saturated heterocycles. The summed E-state index contributed by atoms with van der Waals surface area (Å²) in [6, 6.07) is 3.83. The van der Waals surface area contributed by atoms with Crippen LogP contribution in [0.3, 0.4) is 0 Å². The van der Waals surface area contributed by atoms with E-state index in [4.69, 9.17) is 0 Å². The van der Waals surface area contributed by atoms with E-state index < -0.39 is 11.6 Å². The maximum atomic E-state index is 13.1. The van der Waals surface area contributed by atoms with E-state index in [1.54, 1.807) is 0 Å². The zero-order valence-corrected chi connectivity index (χ0v) is 10.2. The van der Waals surface area contributed by atoms with Crippen LogP contribution in [0.2, 0.25) is 0 Å². The second-order valence-electron chi connectivity index (χ2n) is 3.61. The van der Waals surface area contributed by atoms with Crippen LogP contribution in [0.5, 0.6) is 0 Å². The van der Waals surface area contributed by atoms with Crippen LogP contribution in [0, 0.1) is 11.6 Å². The number of benzene rings is 1. The van der Waals surface area contributed by atoms with Crippen molar-refractivity contribution in [1.29, 1.82) is 0 Å². The van der Waals surface area contributed by atoms with Crippen LogP contribution in [0.25, 0.3) is 11.3 Å². The van der Waals surface area contributed by atoms with Crippen LogP contribution in [0.1, 0.15) is 5.01 Å². The van der Waals surface area contributed by atoms with Gasteiger partial charge in [-0.05, 0) is 25.2 Å². The van der Waals surface area contributed by atoms with Gasteiger partial charge in [-0.2, -0.15) is 0 Å². The van der Waals surface area contributed by atoms with Crippen molar-refractivity contribution in [3.05, 3.63) is 40.2 Å². The van der Waals surface area contributed by atoms with Crippen molar-refractivity contribution in [3.63, 3.8) is 0 Å². The topological polar surface area (TPSA) is 24.9 Å². The van der Waals surface area contributed by atoms with E-state index in [0.717, 1.165) is 24.0 Å². The number of hydrogen-bond donors (Lipinski definition) is 1. The molecular weight excluding hydrogens is 242 g/mol. The summed E-state index contributed by atoms with van der Waals surface area (Å²) in [7, 11) is 1.88. The Kier molecular flexibility index (Phi) is 3.81. The zero-order valence-electron chi connectivity index (χ0n) is 9.34. The molecule has 0 unspecified atom stereocenters. The van der Waals surface area contributed by atoms with Crippen LogP contribution in [-0.4, -0.2) is 18.6 Å². The minimum Gasteiger partial charge on any atom is -0.319 e. The average molecular weight is 254 g/mol. The highest BCUT2D eigenvalue weighted by molar-refractivity contribution is 7.09. The molecule has 1 heterocycles. The average Bonchev–Trinajstić information content (AvgIpc) is 2.79. The first-order valence-electron chi connectivity index (χ1n) is 5.25. The van der Waals surface area contributed by atoms with E-state index >= 15 is 0 Å². The van der Waals surface area contributed by atoms with Crippen molar-refractivity contribution in [2.75, 3.05) is 13.6 Å². The smallest absolute Gasteiger partial charge is 0.159 e. The standard InChI is InChI=1S/C12H12F2N2S/c1-15-5-4-12-16-11(7-17-12)8-2-3-9(13)10(14)6-8/h2-3,6-7,15H,4-5H2,1H3. The molecule has 17 heavy (non-hydrogen) atoms. The Bertz CT molecular complexity index is 511. The molecule has 0 fully saturated rings. The third-order valence-corrected chi connectivity index (χ3v) is 3.26. The van der Waals surface area contributed by atoms with Gasteiger partial charge < -0.3 is 5.32 Å². The van der Waals surface area contributed by atoms with Crippen LogP contribution in [0.15, 0.2) is 23.6 Å². The lowest BCUT2D eigenvalue weighted by molar-refractivity contribution is 0.509. The number of likely N-dealkylation sites (N-methyl/N-ethyl adjacent to an activating group) is 1. The molecule has 90 valence electrons. The van der Waals surface area contributed by atoms with E-state index in [2.05, 4.69) is 10.3 Å². The molecule has 0 amide bonds. The number of halogens is 2. The van der Waals surface area contributed by atoms with Gasteiger partial charge in [0.15, 0.2) is 11.6 Å². The summed E-state index contributed by atoms with van der Waals surface area (Å²) in [4.78, 5) is 4.38. The monoisotopic (exact) mass is 254 g/mol. The van der Waals surface area contributed by atoms with Crippen molar-refractivity contribution >= 4 is 11.3 Å². The highest BCUT2D eigenvalue weighted by Gasteiger charge is 2.07. The Morgan fingerprint density at radius 3 is 2.82 bits per heavy atom. The van der Waals surface area contributed by atoms with E-state index in [1.165, 1.54) is 23.5 Å². The summed E-state index contributed by atoms with van der Waals surface area (Å²) in [6.07, 6.45) is 0.838. The number of aromatic nitrogens is 1. The Labute approximate surface area is 102 Å². The number of nitrogens with zero attached hydrogens (tertiary/aromatic N) is 1. The summed E-state index contributed by atoms with van der Waals surface area (Å²) < 4.78 is 25.9. The molecule has 0 spiro atoms. The predicted molar refractivity (Wildman–Crippen MR) is 65.1 cm³/mol. The highest BCUT2D eigenvalue weighted by Crippen LogP contribution is 2.23. The second kappa shape index (κ2) is 5.33. The van der Waals surface area contributed by atoms with Crippen molar-refractivity contribution in [1.82, 2.24) is 10.3 Å². The summed E-state index contributed by atoms with van der Waals surface area (Å²) in [6.45, 7) is 0.852. The molecule has 1 N–H and O–H groups in total. The van der Waals surface area contributed by atoms with Gasteiger partial charge in [-0.3, -0.25) is 0 Å². The fourth-order valence-electron chi connectivity index (χ4n) is 1.45. The van der Waals surface area contributed by atoms with E-state index in [0.29, 0.717) is 11.3 Å². The Hall–Kier alpha value is -1.33. The molecule has 1 aromatic heterocycles. The number of hydrogen-bond acceptors (Lipinski definition) is 3. The van der Waals surface area contributed by atoms with Gasteiger partial charge in [-0.1, -0.05) is 0 Å². The summed E-state index contributed by atoms with van der Waals surface area (Å²) in [5.74, 6) is -1.67. The van der Waals surface area contributed by atoms with Gasteiger partial charge in [-0.15, -0.1) is 11.3 Å². The largest absolute Gasteiger partial charge is 0.319 e. The Morgan fingerprint density at radius 1 is 1.29 bits per heavy atom. The SMILES string of the molecule is CNCCc1nc(-c2ccc(F)c(F)c2)cs1. The van der Waals surface area contributed by atoms with Crippen molar-refractivity contribution < 1.29 is 8.78 Å². The van der Waals surface area contributed by atoms with Crippen LogP contribution in [-0.2, 0) is 6.42 Å². The molecule has 0 bridgehead atoms. The van der Waals surface area contributed by atoms with E-state index in [1.807, 2.05) is 12.4 Å². The molecule has 1 aromatic carbocycles. The minimum absolute atomic E-state index is 0.607. The van der Waals surface area contributed by atoms with Crippen molar-refractivity contribution in [2.45, 2.75) is 6.42 Å². The predicted octanol–water partition coefficient (Wildman–Crippen LogP) is 2.85. The minimum atomic E-state index is -0.840. The van der Waals surface area contributed by atoms with Gasteiger partial charge >= 0.3 is 0 Å². The molecule has 0 radical (unpaired) electrons. The van der Waals surface area contributed by atoms with Gasteiger partial charge in [0.2, 0.25) is 0 Å². The third-order valence-electron chi connectivity index (χ3n) is 2.36. The number of thiazole rings is 1. The van der Waals surface area contributed by atoms with Crippen molar-refractivity contribution in [3.8, 4) is 11.3 Å². The van der Waals surface area contributed by atoms with Crippen LogP contribution < -0.4 is 5.32 Å². The first kappa shape index (κ1) is 12.1. The fraction of sp³-hybridized carbons (Fsp3) is 0.250. The number of nitrogens with one attached hydrogen (secondary N) is 1. The Morgan fingerprint density at radius 2 is 2.12 bits per heavy atom. The molecular formula is C12H12F2N2S. The van der Waals surface area contributed by atoms with Crippen LogP contribution in [0.4, 0.5) is 8.78 Å². The first-order valence-corrected chi connectivity index (χ1v) is 6.13. The normalized spacial score (nSPS) is 10.8. The zero-order chi connectivity index (χ0) is 12.3. The Balaban J connectivity index is 2.21. The van der Waals surface area contributed by atoms with E-state index in [-0.39, 0.29) is 0 Å². The number of rotatable bonds is 4. The molecule has 0 saturated carbocycles. The molecule has 0 aliphatic rings. The van der Waals surface area contributed by atoms with Crippen LogP contribution >= 0.6 is 11.3 Å². The molecule has 2 rings (SSSR count). The summed E-state index contributed by atoms with van der Waals surface area (Å²) in [5.41, 5.74) is 1.30. The lowest BCUT2D eigenvalue weighted by atomic mass is 10.1. The van der Waals surface area contributed by atoms with Gasteiger partial charge in [0.25, 0.3) is 0 Å². The first-order chi connectivity index (χ1) is 8.20. The third kappa shape index (κ3) is 2.87. The molecule has 0 aliphatic carbocycles. The highest BCUT2D eigenvalue weighted by atomic mass is 32.1. The van der Waals surface area contributed by atoms with Gasteiger partial charge in [0, 0.05) is 23.9 Å². The molecule has 0 aliphatic heterocycles. The lowest BCUT2D eigenvalue weighted by Gasteiger charge is -1.98. The maximum Gasteiger partial charge on any atom is 0.159 e. The second-order valence-corrected chi connectivity index (χ2v) is 4.55. The molecule has 5 heteroatoms. The lowest BCUT2D eigenvalue weighted by Crippen LogP contribution is -2.09. The molecule has 0 atom stereocenters. The molecule has 2 aromatic rings. The van der Waals surface area contributed by atoms with Gasteiger partial charge in [0.05, 0.1) is 10.7 Å². The maximum absolute atomic E-state index is 13.1. The fourth-order valence-corrected chi connectivity index (χ4v) is 2.25. The summed E-state index contributed by atoms with van der Waals surface area (Å²) in [5, 5.41) is 5.88. The van der Waals surface area contributed by atoms with E-state index in [9.17, 15) is 8.78 Å². The quantitative estimate of drug-likeness (QED) is 0.907. The van der Waals surface area contributed by atoms with Gasteiger partial charge in [0.1, 0.15) is 0 Å². The summed E-state index contributed by atoms with van der Waals surface area (Å²) >= 11 is 1.53.